The maximum absolute atomic E-state index is 13.8. The Kier molecular flexibility index (Phi) is 5.81. The lowest BCUT2D eigenvalue weighted by molar-refractivity contribution is -0.194. The summed E-state index contributed by atoms with van der Waals surface area (Å²) in [6, 6.07) is 12.3. The number of ether oxygens (including phenoxy) is 1. The van der Waals surface area contributed by atoms with E-state index in [0.717, 1.165) is 35.0 Å². The first-order chi connectivity index (χ1) is 16.2. The van der Waals surface area contributed by atoms with Crippen molar-refractivity contribution in [1.29, 1.82) is 0 Å². The fourth-order valence-corrected chi connectivity index (χ4v) is 4.94. The lowest BCUT2D eigenvalue weighted by atomic mass is 9.88. The van der Waals surface area contributed by atoms with Crippen molar-refractivity contribution in [1.82, 2.24) is 10.2 Å². The van der Waals surface area contributed by atoms with E-state index in [1.807, 2.05) is 24.3 Å². The fourth-order valence-electron chi connectivity index (χ4n) is 4.44. The highest BCUT2D eigenvalue weighted by molar-refractivity contribution is 14.1. The van der Waals surface area contributed by atoms with Crippen molar-refractivity contribution in [3.63, 3.8) is 0 Å². The normalized spacial score (nSPS) is 23.1. The van der Waals surface area contributed by atoms with Gasteiger partial charge in [-0.3, -0.25) is 14.5 Å². The van der Waals surface area contributed by atoms with E-state index in [1.165, 1.54) is 22.6 Å². The molecule has 2 aliphatic carbocycles. The number of carbonyl (C=O) groups excluding carboxylic acids is 2. The molecule has 5 nitrogen and oxygen atoms in total. The van der Waals surface area contributed by atoms with Crippen LogP contribution >= 0.6 is 22.6 Å². The molecular formula is C25H24F3IN2O3. The first kappa shape index (κ1) is 23.4. The number of carbonyl (C=O) groups is 2. The number of alkyl halides is 4. The molecule has 9 heteroatoms. The third kappa shape index (κ3) is 4.16. The average Bonchev–Trinajstić information content (AvgIpc) is 3.72. The minimum atomic E-state index is -4.47. The molecule has 0 spiro atoms. The van der Waals surface area contributed by atoms with Crippen molar-refractivity contribution < 1.29 is 27.5 Å². The molecule has 2 aromatic rings. The summed E-state index contributed by atoms with van der Waals surface area (Å²) in [5.41, 5.74) is -0.954. The second-order valence-corrected chi connectivity index (χ2v) is 10.0. The van der Waals surface area contributed by atoms with Gasteiger partial charge in [0.15, 0.2) is 0 Å². The van der Waals surface area contributed by atoms with E-state index in [4.69, 9.17) is 4.74 Å². The van der Waals surface area contributed by atoms with Crippen LogP contribution in [0.5, 0.6) is 5.75 Å². The van der Waals surface area contributed by atoms with Crippen LogP contribution in [-0.2, 0) is 25.6 Å². The van der Waals surface area contributed by atoms with E-state index in [2.05, 4.69) is 27.9 Å². The van der Waals surface area contributed by atoms with Gasteiger partial charge in [0.2, 0.25) is 5.91 Å². The van der Waals surface area contributed by atoms with E-state index in [1.54, 1.807) is 0 Å². The summed E-state index contributed by atoms with van der Waals surface area (Å²) in [7, 11) is 0. The van der Waals surface area contributed by atoms with Crippen LogP contribution in [0.25, 0.3) is 0 Å². The monoisotopic (exact) mass is 584 g/mol. The van der Waals surface area contributed by atoms with Crippen molar-refractivity contribution in [2.24, 2.45) is 0 Å². The summed E-state index contributed by atoms with van der Waals surface area (Å²) in [6.07, 6.45) is -1.09. The number of halogens is 4. The zero-order chi connectivity index (χ0) is 24.1. The molecule has 1 aliphatic heterocycles. The van der Waals surface area contributed by atoms with E-state index < -0.39 is 28.8 Å². The Labute approximate surface area is 209 Å². The molecule has 2 saturated carbocycles. The summed E-state index contributed by atoms with van der Waals surface area (Å²) in [5.74, 6) is -0.461. The van der Waals surface area contributed by atoms with Crippen LogP contribution in [0.4, 0.5) is 13.2 Å². The van der Waals surface area contributed by atoms with Crippen molar-refractivity contribution in [2.75, 3.05) is 6.54 Å². The molecule has 2 amide bonds. The molecule has 5 rings (SSSR count). The number of hydrogen-bond donors (Lipinski definition) is 1. The van der Waals surface area contributed by atoms with Gasteiger partial charge in [-0.1, -0.05) is 46.9 Å². The standard InChI is InChI=1S/C25H24F3IN2O3/c26-25(27,28)18-5-9-20(10-6-18)34-24(21(32)30-19-7-8-19)13-14-31(24)22(33)23(11-12-23)17-3-1-16(15-29)2-4-17/h1-6,9-10,19H,7-8,11-15H2,(H,30,32). The Bertz CT molecular complexity index is 1100. The first-order valence-electron chi connectivity index (χ1n) is 11.3. The molecule has 180 valence electrons. The van der Waals surface area contributed by atoms with Crippen LogP contribution in [0.15, 0.2) is 48.5 Å². The fraction of sp³-hybridized carbons (Fsp3) is 0.440. The number of nitrogens with zero attached hydrogens (tertiary/aromatic N) is 1. The molecule has 1 saturated heterocycles. The zero-order valence-corrected chi connectivity index (χ0v) is 20.5. The molecule has 1 N–H and O–H groups in total. The topological polar surface area (TPSA) is 58.6 Å². The van der Waals surface area contributed by atoms with Crippen LogP contribution in [0.2, 0.25) is 0 Å². The number of likely N-dealkylation sites (tertiary alicyclic amines) is 1. The van der Waals surface area contributed by atoms with Crippen LogP contribution in [0, 0.1) is 0 Å². The van der Waals surface area contributed by atoms with Gasteiger partial charge in [0.25, 0.3) is 11.6 Å². The third-order valence-electron chi connectivity index (χ3n) is 6.91. The van der Waals surface area contributed by atoms with Crippen molar-refractivity contribution >= 4 is 34.4 Å². The van der Waals surface area contributed by atoms with Crippen molar-refractivity contribution in [2.45, 2.75) is 59.9 Å². The van der Waals surface area contributed by atoms with E-state index in [-0.39, 0.29) is 24.1 Å². The average molecular weight is 584 g/mol. The minimum absolute atomic E-state index is 0.0499. The van der Waals surface area contributed by atoms with E-state index >= 15 is 0 Å². The van der Waals surface area contributed by atoms with Gasteiger partial charge in [0.1, 0.15) is 5.75 Å². The molecule has 3 fully saturated rings. The van der Waals surface area contributed by atoms with E-state index in [0.29, 0.717) is 19.4 Å². The molecule has 1 unspecified atom stereocenters. The Morgan fingerprint density at radius 3 is 2.15 bits per heavy atom. The lowest BCUT2D eigenvalue weighted by Crippen LogP contribution is -2.73. The van der Waals surface area contributed by atoms with Gasteiger partial charge in [-0.25, -0.2) is 0 Å². The number of rotatable bonds is 7. The molecule has 0 radical (unpaired) electrons. The van der Waals surface area contributed by atoms with Crippen LogP contribution < -0.4 is 10.1 Å². The SMILES string of the molecule is O=C(N1CCC1(Oc1ccc(C(F)(F)F)cc1)C(=O)NC1CC1)C1(c2ccc(CI)cc2)CC1. The molecule has 0 aromatic heterocycles. The van der Waals surface area contributed by atoms with Gasteiger partial charge >= 0.3 is 6.18 Å². The number of amides is 2. The third-order valence-corrected chi connectivity index (χ3v) is 7.79. The number of hydrogen-bond acceptors (Lipinski definition) is 3. The zero-order valence-electron chi connectivity index (χ0n) is 18.3. The van der Waals surface area contributed by atoms with Gasteiger partial charge < -0.3 is 10.1 Å². The van der Waals surface area contributed by atoms with Gasteiger partial charge in [0.05, 0.1) is 11.0 Å². The van der Waals surface area contributed by atoms with Gasteiger partial charge in [-0.05, 0) is 61.1 Å². The molecule has 1 atom stereocenters. The maximum Gasteiger partial charge on any atom is 0.416 e. The molecule has 2 aromatic carbocycles. The van der Waals surface area contributed by atoms with Crippen molar-refractivity contribution in [3.8, 4) is 5.75 Å². The summed E-state index contributed by atoms with van der Waals surface area (Å²) >= 11 is 2.28. The highest BCUT2D eigenvalue weighted by atomic mass is 127. The van der Waals surface area contributed by atoms with Gasteiger partial charge in [0, 0.05) is 23.4 Å². The second kappa shape index (κ2) is 8.42. The van der Waals surface area contributed by atoms with Gasteiger partial charge in [-0.15, -0.1) is 0 Å². The highest BCUT2D eigenvalue weighted by Crippen LogP contribution is 2.52. The summed E-state index contributed by atoms with van der Waals surface area (Å²) in [4.78, 5) is 28.6. The van der Waals surface area contributed by atoms with E-state index in [9.17, 15) is 22.8 Å². The van der Waals surface area contributed by atoms with Crippen LogP contribution in [0.1, 0.15) is 48.8 Å². The molecule has 34 heavy (non-hydrogen) atoms. The largest absolute Gasteiger partial charge is 0.458 e. The smallest absolute Gasteiger partial charge is 0.416 e. The summed E-state index contributed by atoms with van der Waals surface area (Å²) in [5, 5.41) is 2.93. The number of nitrogens with one attached hydrogen (secondary N) is 1. The first-order valence-corrected chi connectivity index (χ1v) is 12.9. The summed E-state index contributed by atoms with van der Waals surface area (Å²) < 4.78 is 45.8. The Morgan fingerprint density at radius 1 is 1.03 bits per heavy atom. The Hall–Kier alpha value is -2.30. The van der Waals surface area contributed by atoms with Crippen LogP contribution in [0.3, 0.4) is 0 Å². The predicted octanol–water partition coefficient (Wildman–Crippen LogP) is 4.96. The minimum Gasteiger partial charge on any atom is -0.458 e. The molecule has 0 bridgehead atoms. The van der Waals surface area contributed by atoms with Crippen LogP contribution in [-0.4, -0.2) is 35.0 Å². The maximum atomic E-state index is 13.8. The molecular weight excluding hydrogens is 560 g/mol. The molecule has 3 aliphatic rings. The Morgan fingerprint density at radius 2 is 1.68 bits per heavy atom. The van der Waals surface area contributed by atoms with Gasteiger partial charge in [-0.2, -0.15) is 13.2 Å². The lowest BCUT2D eigenvalue weighted by Gasteiger charge is -2.51. The quantitative estimate of drug-likeness (QED) is 0.370. The number of benzene rings is 2. The summed E-state index contributed by atoms with van der Waals surface area (Å²) in [6.45, 7) is 0.352. The second-order valence-electron chi connectivity index (χ2n) is 9.28. The predicted molar refractivity (Wildman–Crippen MR) is 127 cm³/mol. The molecule has 1 heterocycles. The highest BCUT2D eigenvalue weighted by Gasteiger charge is 2.63. The Balaban J connectivity index is 1.42. The van der Waals surface area contributed by atoms with Crippen molar-refractivity contribution in [3.05, 3.63) is 65.2 Å².